The van der Waals surface area contributed by atoms with Crippen LogP contribution in [0.3, 0.4) is 0 Å². The molecule has 3 rings (SSSR count). The largest absolute Gasteiger partial charge is 0.508 e. The van der Waals surface area contributed by atoms with Gasteiger partial charge in [0.25, 0.3) is 11.6 Å². The molecule has 2 aromatic carbocycles. The first kappa shape index (κ1) is 15.5. The summed E-state index contributed by atoms with van der Waals surface area (Å²) in [7, 11) is 0. The van der Waals surface area contributed by atoms with Crippen LogP contribution in [-0.2, 0) is 6.54 Å². The van der Waals surface area contributed by atoms with Crippen molar-refractivity contribution in [1.82, 2.24) is 10.3 Å². The molecule has 0 aliphatic carbocycles. The number of carbonyl (C=O) groups is 1. The number of phenols is 1. The Morgan fingerprint density at radius 1 is 1.25 bits per heavy atom. The Balaban J connectivity index is 1.77. The smallest absolute Gasteiger partial charge is 0.270 e. The number of hydrogen-bond donors (Lipinski definition) is 3. The SMILES string of the molecule is Cc1ccc2[nH]c(C(=O)NCc3cc([N+](=O)[O-])ccc3O)cc2c1. The lowest BCUT2D eigenvalue weighted by molar-refractivity contribution is -0.384. The van der Waals surface area contributed by atoms with Crippen molar-refractivity contribution >= 4 is 22.5 Å². The highest BCUT2D eigenvalue weighted by Crippen LogP contribution is 2.23. The highest BCUT2D eigenvalue weighted by Gasteiger charge is 2.13. The van der Waals surface area contributed by atoms with E-state index >= 15 is 0 Å². The van der Waals surface area contributed by atoms with Gasteiger partial charge in [-0.05, 0) is 31.2 Å². The number of H-pyrrole nitrogens is 1. The molecule has 0 fully saturated rings. The minimum absolute atomic E-state index is 0.0132. The van der Waals surface area contributed by atoms with Crippen LogP contribution >= 0.6 is 0 Å². The van der Waals surface area contributed by atoms with E-state index in [4.69, 9.17) is 0 Å². The van der Waals surface area contributed by atoms with E-state index in [0.29, 0.717) is 5.69 Å². The molecular weight excluding hydrogens is 310 g/mol. The number of phenolic OH excluding ortho intramolecular Hbond substituents is 1. The molecule has 0 bridgehead atoms. The van der Waals surface area contributed by atoms with E-state index in [0.717, 1.165) is 16.5 Å². The maximum atomic E-state index is 12.2. The molecule has 0 aliphatic heterocycles. The summed E-state index contributed by atoms with van der Waals surface area (Å²) in [6.07, 6.45) is 0. The Morgan fingerprint density at radius 2 is 2.04 bits per heavy atom. The first-order valence-corrected chi connectivity index (χ1v) is 7.28. The number of fused-ring (bicyclic) bond motifs is 1. The van der Waals surface area contributed by atoms with Gasteiger partial charge in [-0.15, -0.1) is 0 Å². The van der Waals surface area contributed by atoms with Crippen molar-refractivity contribution in [3.63, 3.8) is 0 Å². The Morgan fingerprint density at radius 3 is 2.79 bits per heavy atom. The number of aryl methyl sites for hydroxylation is 1. The summed E-state index contributed by atoms with van der Waals surface area (Å²) in [4.78, 5) is 25.5. The first-order valence-electron chi connectivity index (χ1n) is 7.28. The van der Waals surface area contributed by atoms with Gasteiger partial charge >= 0.3 is 0 Å². The molecular formula is C17H15N3O4. The first-order chi connectivity index (χ1) is 11.4. The average Bonchev–Trinajstić information content (AvgIpc) is 2.96. The number of carbonyl (C=O) groups excluding carboxylic acids is 1. The van der Waals surface area contributed by atoms with Crippen LogP contribution in [0.15, 0.2) is 42.5 Å². The molecule has 1 amide bonds. The predicted octanol–water partition coefficient (Wildman–Crippen LogP) is 3.02. The molecule has 0 aliphatic rings. The van der Waals surface area contributed by atoms with E-state index in [-0.39, 0.29) is 29.5 Å². The van der Waals surface area contributed by atoms with Crippen molar-refractivity contribution in [3.8, 4) is 5.75 Å². The highest BCUT2D eigenvalue weighted by atomic mass is 16.6. The van der Waals surface area contributed by atoms with Gasteiger partial charge in [-0.3, -0.25) is 14.9 Å². The second kappa shape index (κ2) is 6.04. The van der Waals surface area contributed by atoms with Crippen LogP contribution in [0, 0.1) is 17.0 Å². The number of benzene rings is 2. The molecule has 1 heterocycles. The van der Waals surface area contributed by atoms with E-state index in [1.54, 1.807) is 6.07 Å². The maximum Gasteiger partial charge on any atom is 0.270 e. The standard InChI is InChI=1S/C17H15N3O4/c1-10-2-4-14-11(6-10)8-15(19-14)17(22)18-9-12-7-13(20(23)24)3-5-16(12)21/h2-8,19,21H,9H2,1H3,(H,18,22). The van der Waals surface area contributed by atoms with E-state index < -0.39 is 4.92 Å². The average molecular weight is 325 g/mol. The second-order valence-corrected chi connectivity index (χ2v) is 5.53. The molecule has 3 N–H and O–H groups in total. The molecule has 0 saturated carbocycles. The topological polar surface area (TPSA) is 108 Å². The van der Waals surface area contributed by atoms with Gasteiger partial charge < -0.3 is 15.4 Å². The lowest BCUT2D eigenvalue weighted by atomic mass is 10.1. The van der Waals surface area contributed by atoms with Crippen LogP contribution in [0.4, 0.5) is 5.69 Å². The van der Waals surface area contributed by atoms with E-state index in [1.807, 2.05) is 25.1 Å². The number of amides is 1. The number of rotatable bonds is 4. The van der Waals surface area contributed by atoms with Crippen molar-refractivity contribution < 1.29 is 14.8 Å². The monoisotopic (exact) mass is 325 g/mol. The van der Waals surface area contributed by atoms with Crippen molar-refractivity contribution in [2.45, 2.75) is 13.5 Å². The molecule has 24 heavy (non-hydrogen) atoms. The zero-order chi connectivity index (χ0) is 17.3. The van der Waals surface area contributed by atoms with E-state index in [1.165, 1.54) is 18.2 Å². The summed E-state index contributed by atoms with van der Waals surface area (Å²) in [6, 6.07) is 11.2. The third-order valence-corrected chi connectivity index (χ3v) is 3.73. The van der Waals surface area contributed by atoms with Gasteiger partial charge in [0.15, 0.2) is 0 Å². The number of hydrogen-bond acceptors (Lipinski definition) is 4. The Kier molecular flexibility index (Phi) is 3.91. The molecule has 0 unspecified atom stereocenters. The lowest BCUT2D eigenvalue weighted by Crippen LogP contribution is -2.23. The fourth-order valence-electron chi connectivity index (χ4n) is 2.47. The quantitative estimate of drug-likeness (QED) is 0.506. The lowest BCUT2D eigenvalue weighted by Gasteiger charge is -2.06. The van der Waals surface area contributed by atoms with Gasteiger partial charge in [0.1, 0.15) is 11.4 Å². The molecule has 1 aromatic heterocycles. The van der Waals surface area contributed by atoms with Gasteiger partial charge in [-0.25, -0.2) is 0 Å². The zero-order valence-electron chi connectivity index (χ0n) is 12.9. The summed E-state index contributed by atoms with van der Waals surface area (Å²) in [5, 5.41) is 24.1. The molecule has 122 valence electrons. The Hall–Kier alpha value is -3.35. The number of non-ortho nitro benzene ring substituents is 1. The summed E-state index contributed by atoms with van der Waals surface area (Å²) in [5.41, 5.74) is 2.47. The number of aromatic hydroxyl groups is 1. The molecule has 0 atom stereocenters. The number of nitro benzene ring substituents is 1. The molecule has 7 heteroatoms. The van der Waals surface area contributed by atoms with E-state index in [2.05, 4.69) is 10.3 Å². The fraction of sp³-hybridized carbons (Fsp3) is 0.118. The predicted molar refractivity (Wildman–Crippen MR) is 89.0 cm³/mol. The van der Waals surface area contributed by atoms with Gasteiger partial charge in [-0.2, -0.15) is 0 Å². The number of aromatic nitrogens is 1. The van der Waals surface area contributed by atoms with Crippen LogP contribution in [0.25, 0.3) is 10.9 Å². The minimum atomic E-state index is -0.551. The number of aromatic amines is 1. The molecule has 3 aromatic rings. The van der Waals surface area contributed by atoms with Crippen molar-refractivity contribution in [2.24, 2.45) is 0 Å². The zero-order valence-corrected chi connectivity index (χ0v) is 12.9. The van der Waals surface area contributed by atoms with Gasteiger partial charge in [0.05, 0.1) is 4.92 Å². The Bertz CT molecular complexity index is 946. The van der Waals surface area contributed by atoms with Gasteiger partial charge in [0.2, 0.25) is 0 Å². The normalized spacial score (nSPS) is 10.7. The summed E-state index contributed by atoms with van der Waals surface area (Å²) in [5.74, 6) is -0.456. The van der Waals surface area contributed by atoms with Crippen LogP contribution in [0.2, 0.25) is 0 Å². The van der Waals surface area contributed by atoms with Crippen LogP contribution in [0.5, 0.6) is 5.75 Å². The molecule has 0 radical (unpaired) electrons. The summed E-state index contributed by atoms with van der Waals surface area (Å²) >= 11 is 0. The van der Waals surface area contributed by atoms with Gasteiger partial charge in [0, 0.05) is 35.1 Å². The number of nitrogens with zero attached hydrogens (tertiary/aromatic N) is 1. The van der Waals surface area contributed by atoms with Crippen LogP contribution in [0.1, 0.15) is 21.6 Å². The third-order valence-electron chi connectivity index (χ3n) is 3.73. The van der Waals surface area contributed by atoms with Crippen molar-refractivity contribution in [2.75, 3.05) is 0 Å². The molecule has 0 spiro atoms. The fourth-order valence-corrected chi connectivity index (χ4v) is 2.47. The Labute approximate surface area is 137 Å². The van der Waals surface area contributed by atoms with Gasteiger partial charge in [-0.1, -0.05) is 11.6 Å². The number of nitro groups is 1. The van der Waals surface area contributed by atoms with Crippen molar-refractivity contribution in [1.29, 1.82) is 0 Å². The summed E-state index contributed by atoms with van der Waals surface area (Å²) < 4.78 is 0. The highest BCUT2D eigenvalue weighted by molar-refractivity contribution is 5.98. The maximum absolute atomic E-state index is 12.2. The molecule has 7 nitrogen and oxygen atoms in total. The third kappa shape index (κ3) is 3.05. The number of nitrogens with one attached hydrogen (secondary N) is 2. The second-order valence-electron chi connectivity index (χ2n) is 5.53. The van der Waals surface area contributed by atoms with Crippen LogP contribution < -0.4 is 5.32 Å². The summed E-state index contributed by atoms with van der Waals surface area (Å²) in [6.45, 7) is 1.96. The minimum Gasteiger partial charge on any atom is -0.508 e. The molecule has 0 saturated heterocycles. The van der Waals surface area contributed by atoms with Crippen molar-refractivity contribution in [3.05, 3.63) is 69.4 Å². The van der Waals surface area contributed by atoms with E-state index in [9.17, 15) is 20.0 Å². The van der Waals surface area contributed by atoms with Crippen LogP contribution in [-0.4, -0.2) is 20.9 Å².